The molecule has 2 aromatic rings. The number of carboxylic acid groups (broad SMARTS) is 1. The zero-order valence-corrected chi connectivity index (χ0v) is 13.5. The monoisotopic (exact) mass is 383 g/mol. The summed E-state index contributed by atoms with van der Waals surface area (Å²) in [6, 6.07) is 3.36. The lowest BCUT2D eigenvalue weighted by atomic mass is 10.1. The summed E-state index contributed by atoms with van der Waals surface area (Å²) < 4.78 is 0.683. The number of rotatable bonds is 6. The molecule has 0 saturated carbocycles. The van der Waals surface area contributed by atoms with Crippen LogP contribution in [-0.2, 0) is 16.1 Å². The number of carbonyl (C=O) groups is 2. The molecule has 8 nitrogen and oxygen atoms in total. The minimum Gasteiger partial charge on any atom is -0.481 e. The first kappa shape index (κ1) is 16.9. The van der Waals surface area contributed by atoms with Gasteiger partial charge in [0.15, 0.2) is 0 Å². The van der Waals surface area contributed by atoms with Gasteiger partial charge in [0.25, 0.3) is 0 Å². The molecule has 122 valence electrons. The third-order valence-electron chi connectivity index (χ3n) is 3.15. The number of hydrogen-bond acceptors (Lipinski definition) is 4. The van der Waals surface area contributed by atoms with E-state index in [0.717, 1.165) is 0 Å². The van der Waals surface area contributed by atoms with Gasteiger partial charge in [0.2, 0.25) is 5.91 Å². The third kappa shape index (κ3) is 4.52. The van der Waals surface area contributed by atoms with E-state index in [4.69, 9.17) is 5.11 Å². The lowest BCUT2D eigenvalue weighted by molar-refractivity contribution is -0.137. The summed E-state index contributed by atoms with van der Waals surface area (Å²) in [4.78, 5) is 49.9. The number of benzene rings is 1. The maximum absolute atomic E-state index is 11.7. The molecule has 0 aliphatic carbocycles. The number of H-pyrrole nitrogens is 2. The minimum absolute atomic E-state index is 0.0677. The fourth-order valence-corrected chi connectivity index (χ4v) is 2.59. The largest absolute Gasteiger partial charge is 0.481 e. The van der Waals surface area contributed by atoms with Crippen LogP contribution >= 0.6 is 15.9 Å². The van der Waals surface area contributed by atoms with Crippen molar-refractivity contribution in [2.45, 2.75) is 25.8 Å². The number of carbonyl (C=O) groups excluding carboxylic acids is 1. The van der Waals surface area contributed by atoms with Crippen molar-refractivity contribution in [2.24, 2.45) is 0 Å². The van der Waals surface area contributed by atoms with E-state index in [2.05, 4.69) is 31.2 Å². The highest BCUT2D eigenvalue weighted by atomic mass is 79.9. The highest BCUT2D eigenvalue weighted by Crippen LogP contribution is 2.20. The zero-order valence-electron chi connectivity index (χ0n) is 11.9. The van der Waals surface area contributed by atoms with Crippen LogP contribution in [0.1, 0.15) is 24.8 Å². The number of hydrogen-bond donors (Lipinski definition) is 4. The molecule has 1 amide bonds. The van der Waals surface area contributed by atoms with Crippen LogP contribution in [0.3, 0.4) is 0 Å². The number of fused-ring (bicyclic) bond motifs is 1. The number of aromatic nitrogens is 2. The van der Waals surface area contributed by atoms with E-state index < -0.39 is 17.1 Å². The normalized spacial score (nSPS) is 10.7. The van der Waals surface area contributed by atoms with Crippen LogP contribution in [0.25, 0.3) is 11.0 Å². The van der Waals surface area contributed by atoms with Crippen LogP contribution in [-0.4, -0.2) is 27.0 Å². The van der Waals surface area contributed by atoms with Gasteiger partial charge in [-0.3, -0.25) is 19.2 Å². The van der Waals surface area contributed by atoms with Gasteiger partial charge in [0, 0.05) is 23.9 Å². The standard InChI is InChI=1S/C14H14BrN3O5/c15-8-4-7(6-16-10(19)2-1-3-11(20)21)12-9(5-8)17-13(22)14(23)18-12/h4-5H,1-3,6H2,(H,16,19)(H,17,22)(H,18,23)(H,20,21). The molecule has 0 spiro atoms. The Bertz CT molecular complexity index is 871. The number of aliphatic carboxylic acids is 1. The van der Waals surface area contributed by atoms with Crippen LogP contribution in [0.2, 0.25) is 0 Å². The van der Waals surface area contributed by atoms with Gasteiger partial charge in [-0.25, -0.2) is 0 Å². The van der Waals surface area contributed by atoms with Gasteiger partial charge < -0.3 is 20.4 Å². The minimum atomic E-state index is -0.947. The fourth-order valence-electron chi connectivity index (χ4n) is 2.08. The van der Waals surface area contributed by atoms with E-state index >= 15 is 0 Å². The fraction of sp³-hybridized carbons (Fsp3) is 0.286. The molecule has 1 aromatic carbocycles. The van der Waals surface area contributed by atoms with Crippen molar-refractivity contribution in [3.8, 4) is 0 Å². The summed E-state index contributed by atoms with van der Waals surface area (Å²) in [7, 11) is 0. The van der Waals surface area contributed by atoms with Crippen molar-refractivity contribution in [1.29, 1.82) is 0 Å². The van der Waals surface area contributed by atoms with Gasteiger partial charge in [-0.2, -0.15) is 0 Å². The van der Waals surface area contributed by atoms with Crippen molar-refractivity contribution in [3.05, 3.63) is 42.9 Å². The Morgan fingerprint density at radius 1 is 1.13 bits per heavy atom. The first-order valence-corrected chi connectivity index (χ1v) is 7.59. The molecule has 0 fully saturated rings. The summed E-state index contributed by atoms with van der Waals surface area (Å²) in [5.74, 6) is -1.23. The first-order valence-electron chi connectivity index (χ1n) is 6.80. The van der Waals surface area contributed by atoms with E-state index in [-0.39, 0.29) is 31.7 Å². The average molecular weight is 384 g/mol. The molecule has 0 saturated heterocycles. The van der Waals surface area contributed by atoms with Gasteiger partial charge in [-0.05, 0) is 24.1 Å². The molecule has 2 rings (SSSR count). The topological polar surface area (TPSA) is 132 Å². The molecule has 1 heterocycles. The lowest BCUT2D eigenvalue weighted by Crippen LogP contribution is -2.30. The van der Waals surface area contributed by atoms with Crippen molar-refractivity contribution >= 4 is 38.8 Å². The number of halogens is 1. The van der Waals surface area contributed by atoms with Crippen LogP contribution in [0.4, 0.5) is 0 Å². The quantitative estimate of drug-likeness (QED) is 0.549. The highest BCUT2D eigenvalue weighted by molar-refractivity contribution is 9.10. The molecule has 0 aliphatic heterocycles. The molecule has 0 bridgehead atoms. The predicted octanol–water partition coefficient (Wildman–Crippen LogP) is 0.850. The Morgan fingerprint density at radius 3 is 2.52 bits per heavy atom. The Morgan fingerprint density at radius 2 is 1.83 bits per heavy atom. The van der Waals surface area contributed by atoms with Crippen molar-refractivity contribution in [2.75, 3.05) is 0 Å². The summed E-state index contributed by atoms with van der Waals surface area (Å²) in [6.07, 6.45) is 0.290. The van der Waals surface area contributed by atoms with Gasteiger partial charge in [-0.15, -0.1) is 0 Å². The molecular weight excluding hydrogens is 370 g/mol. The van der Waals surface area contributed by atoms with Gasteiger partial charge in [-0.1, -0.05) is 15.9 Å². The smallest absolute Gasteiger partial charge is 0.314 e. The van der Waals surface area contributed by atoms with Crippen molar-refractivity contribution in [1.82, 2.24) is 15.3 Å². The summed E-state index contributed by atoms with van der Waals surface area (Å²) in [5, 5.41) is 11.2. The molecule has 1 aromatic heterocycles. The molecule has 0 radical (unpaired) electrons. The maximum Gasteiger partial charge on any atom is 0.314 e. The molecular formula is C14H14BrN3O5. The molecule has 0 aliphatic rings. The number of nitrogens with one attached hydrogen (secondary N) is 3. The van der Waals surface area contributed by atoms with Crippen LogP contribution in [0.15, 0.2) is 26.2 Å². The molecule has 0 unspecified atom stereocenters. The van der Waals surface area contributed by atoms with Crippen molar-refractivity contribution < 1.29 is 14.7 Å². The Labute approximate surface area is 138 Å². The van der Waals surface area contributed by atoms with E-state index in [1.165, 1.54) is 0 Å². The van der Waals surface area contributed by atoms with E-state index in [0.29, 0.717) is 21.1 Å². The van der Waals surface area contributed by atoms with Crippen LogP contribution in [0.5, 0.6) is 0 Å². The summed E-state index contributed by atoms with van der Waals surface area (Å²) >= 11 is 3.30. The SMILES string of the molecule is O=C(O)CCCC(=O)NCc1cc(Br)cc2[nH]c(=O)c(=O)[nH]c12. The Hall–Kier alpha value is -2.42. The number of amides is 1. The number of carboxylic acids is 1. The Kier molecular flexibility index (Phi) is 5.32. The Balaban J connectivity index is 2.15. The molecule has 4 N–H and O–H groups in total. The molecule has 23 heavy (non-hydrogen) atoms. The second-order valence-electron chi connectivity index (χ2n) is 4.92. The van der Waals surface area contributed by atoms with E-state index in [1.54, 1.807) is 12.1 Å². The molecule has 0 atom stereocenters. The van der Waals surface area contributed by atoms with Crippen LogP contribution in [0, 0.1) is 0 Å². The summed E-state index contributed by atoms with van der Waals surface area (Å²) in [5.41, 5.74) is -0.0230. The lowest BCUT2D eigenvalue weighted by Gasteiger charge is -2.09. The number of aromatic amines is 2. The van der Waals surface area contributed by atoms with Gasteiger partial charge >= 0.3 is 17.1 Å². The second-order valence-corrected chi connectivity index (χ2v) is 5.84. The van der Waals surface area contributed by atoms with Crippen LogP contribution < -0.4 is 16.4 Å². The van der Waals surface area contributed by atoms with E-state index in [9.17, 15) is 19.2 Å². The first-order chi connectivity index (χ1) is 10.9. The maximum atomic E-state index is 11.7. The second kappa shape index (κ2) is 7.23. The van der Waals surface area contributed by atoms with Gasteiger partial charge in [0.1, 0.15) is 0 Å². The van der Waals surface area contributed by atoms with E-state index in [1.807, 2.05) is 0 Å². The van der Waals surface area contributed by atoms with Crippen molar-refractivity contribution in [3.63, 3.8) is 0 Å². The molecule has 9 heteroatoms. The highest BCUT2D eigenvalue weighted by Gasteiger charge is 2.09. The zero-order chi connectivity index (χ0) is 17.0. The van der Waals surface area contributed by atoms with Gasteiger partial charge in [0.05, 0.1) is 11.0 Å². The predicted molar refractivity (Wildman–Crippen MR) is 86.2 cm³/mol. The summed E-state index contributed by atoms with van der Waals surface area (Å²) in [6.45, 7) is 0.143. The average Bonchev–Trinajstić information content (AvgIpc) is 2.46. The third-order valence-corrected chi connectivity index (χ3v) is 3.61.